The van der Waals surface area contributed by atoms with Crippen molar-refractivity contribution in [1.82, 2.24) is 0 Å². The normalized spacial score (nSPS) is 43.7. The molecule has 0 saturated heterocycles. The average molecular weight is 349 g/mol. The van der Waals surface area contributed by atoms with Gasteiger partial charge in [0.1, 0.15) is 0 Å². The molecule has 0 radical (unpaired) electrons. The molecule has 4 unspecified atom stereocenters. The van der Waals surface area contributed by atoms with Gasteiger partial charge in [0.2, 0.25) is 0 Å². The molecular weight excluding hydrogens is 316 g/mol. The summed E-state index contributed by atoms with van der Waals surface area (Å²) in [5.74, 6) is 0.965. The summed E-state index contributed by atoms with van der Waals surface area (Å²) in [6.07, 6.45) is 19.7. The Kier molecular flexibility index (Phi) is 4.40. The summed E-state index contributed by atoms with van der Waals surface area (Å²) in [6.45, 7) is 2.21. The van der Waals surface area contributed by atoms with Crippen molar-refractivity contribution in [2.75, 3.05) is 0 Å². The van der Waals surface area contributed by atoms with Gasteiger partial charge in [-0.15, -0.1) is 10.9 Å². The van der Waals surface area contributed by atoms with Crippen molar-refractivity contribution in [3.05, 3.63) is 6.08 Å². The number of rotatable bonds is 4. The van der Waals surface area contributed by atoms with Crippen molar-refractivity contribution in [2.24, 2.45) is 22.2 Å². The third-order valence-electron chi connectivity index (χ3n) is 7.97. The van der Waals surface area contributed by atoms with E-state index in [4.69, 9.17) is 12.6 Å². The number of hydrogen-bond donors (Lipinski definition) is 1. The van der Waals surface area contributed by atoms with Crippen molar-refractivity contribution < 1.29 is 0 Å². The van der Waals surface area contributed by atoms with Crippen LogP contribution in [0.5, 0.6) is 0 Å². The Morgan fingerprint density at radius 3 is 2.61 bits per heavy atom. The molecule has 4 aliphatic carbocycles. The number of allylic oxidation sites excluding steroid dienone is 1. The van der Waals surface area contributed by atoms with Crippen LogP contribution < -0.4 is 0 Å². The summed E-state index contributed by atoms with van der Waals surface area (Å²) < 4.78 is 0. The van der Waals surface area contributed by atoms with Crippen LogP contribution in [-0.2, 0) is 0 Å². The predicted molar refractivity (Wildman–Crippen MR) is 108 cm³/mol. The first-order chi connectivity index (χ1) is 11.2. The van der Waals surface area contributed by atoms with Gasteiger partial charge in [-0.05, 0) is 86.0 Å². The first-order valence-corrected chi connectivity index (χ1v) is 11.3. The first-order valence-electron chi connectivity index (χ1n) is 9.93. The van der Waals surface area contributed by atoms with E-state index in [0.717, 1.165) is 12.3 Å². The summed E-state index contributed by atoms with van der Waals surface area (Å²) in [6, 6.07) is 0. The largest absolute Gasteiger partial charge is 0.176 e. The molecule has 0 aromatic heterocycles. The number of thiol groups is 1. The highest BCUT2D eigenvalue weighted by Crippen LogP contribution is 2.88. The van der Waals surface area contributed by atoms with Crippen molar-refractivity contribution in [3.8, 4) is 0 Å². The van der Waals surface area contributed by atoms with Gasteiger partial charge in [-0.2, -0.15) is 12.6 Å². The van der Waals surface area contributed by atoms with Gasteiger partial charge in [-0.3, -0.25) is 0 Å². The molecule has 4 rings (SSSR count). The van der Waals surface area contributed by atoms with E-state index in [-0.39, 0.29) is 0 Å². The third kappa shape index (κ3) is 2.39. The van der Waals surface area contributed by atoms with Crippen molar-refractivity contribution in [3.63, 3.8) is 0 Å². The molecule has 0 spiro atoms. The average Bonchev–Trinajstić information content (AvgIpc) is 2.92. The van der Waals surface area contributed by atoms with Crippen LogP contribution in [0.1, 0.15) is 84.0 Å². The standard InChI is InChI=1S/C21H32S2/c1-2-13-23-14-12-19-10-11-21(19,16-19)20(8-3-4-9-20)17-6-5-7-18(22)15-17/h12-13,17-18,22H,2-11,15-16H2,1H3. The van der Waals surface area contributed by atoms with E-state index in [1.807, 2.05) is 0 Å². The van der Waals surface area contributed by atoms with Crippen LogP contribution in [0.4, 0.5) is 0 Å². The smallest absolute Gasteiger partial charge is 0.00339 e. The number of hydrogen-bond acceptors (Lipinski definition) is 1. The Hall–Kier alpha value is 0.0900. The fraction of sp³-hybridized carbons (Fsp3) is 0.857. The molecule has 0 N–H and O–H groups in total. The van der Waals surface area contributed by atoms with Gasteiger partial charge in [0.05, 0.1) is 0 Å². The minimum absolute atomic E-state index is 0.551. The lowest BCUT2D eigenvalue weighted by molar-refractivity contribution is -0.0298. The molecule has 128 valence electrons. The Morgan fingerprint density at radius 2 is 1.96 bits per heavy atom. The Morgan fingerprint density at radius 1 is 1.13 bits per heavy atom. The highest BCUT2D eigenvalue weighted by atomic mass is 32.1. The maximum absolute atomic E-state index is 4.88. The molecular formula is C21H32S2. The van der Waals surface area contributed by atoms with Gasteiger partial charge >= 0.3 is 0 Å². The summed E-state index contributed by atoms with van der Waals surface area (Å²) in [5, 5.41) is 6.51. The Bertz CT molecular complexity index is 560. The quantitative estimate of drug-likeness (QED) is 0.460. The highest BCUT2D eigenvalue weighted by molar-refractivity contribution is 7.95. The molecule has 4 saturated carbocycles. The Labute approximate surface area is 151 Å². The van der Waals surface area contributed by atoms with Crippen molar-refractivity contribution >= 4 is 34.0 Å². The molecule has 0 aromatic carbocycles. The van der Waals surface area contributed by atoms with Gasteiger partial charge in [0, 0.05) is 10.7 Å². The second-order valence-electron chi connectivity index (χ2n) is 8.75. The second kappa shape index (κ2) is 6.11. The predicted octanol–water partition coefficient (Wildman–Crippen LogP) is 6.11. The zero-order chi connectivity index (χ0) is 16.0. The Balaban J connectivity index is 1.62. The zero-order valence-electron chi connectivity index (χ0n) is 14.7. The second-order valence-corrected chi connectivity index (χ2v) is 10.3. The summed E-state index contributed by atoms with van der Waals surface area (Å²) in [5.41, 5.74) is 1.89. The highest BCUT2D eigenvalue weighted by Gasteiger charge is 2.80. The topological polar surface area (TPSA) is 0 Å². The molecule has 0 amide bonds. The fourth-order valence-electron chi connectivity index (χ4n) is 6.83. The minimum Gasteiger partial charge on any atom is -0.176 e. The first kappa shape index (κ1) is 16.6. The van der Waals surface area contributed by atoms with E-state index in [2.05, 4.69) is 23.4 Å². The summed E-state index contributed by atoms with van der Waals surface area (Å²) in [4.78, 5) is 0. The van der Waals surface area contributed by atoms with E-state index in [1.54, 1.807) is 10.9 Å². The molecule has 0 nitrogen and oxygen atoms in total. The monoisotopic (exact) mass is 348 g/mol. The van der Waals surface area contributed by atoms with E-state index >= 15 is 0 Å². The maximum Gasteiger partial charge on any atom is 0.00339 e. The van der Waals surface area contributed by atoms with Crippen LogP contribution in [0.15, 0.2) is 6.08 Å². The number of fused-ring (bicyclic) bond motifs is 1. The van der Waals surface area contributed by atoms with Crippen LogP contribution in [0.2, 0.25) is 0 Å². The van der Waals surface area contributed by atoms with Gasteiger partial charge in [-0.1, -0.05) is 31.2 Å². The molecule has 4 atom stereocenters. The molecule has 2 heteroatoms. The maximum atomic E-state index is 4.88. The van der Waals surface area contributed by atoms with E-state index < -0.39 is 0 Å². The summed E-state index contributed by atoms with van der Waals surface area (Å²) in [7, 11) is 1.79. The van der Waals surface area contributed by atoms with E-state index in [0.29, 0.717) is 21.5 Å². The fourth-order valence-corrected chi connectivity index (χ4v) is 7.82. The van der Waals surface area contributed by atoms with Gasteiger partial charge < -0.3 is 0 Å². The lowest BCUT2D eigenvalue weighted by Gasteiger charge is -2.53. The minimum atomic E-state index is 0.551. The molecule has 4 fully saturated rings. The van der Waals surface area contributed by atoms with Crippen LogP contribution in [0, 0.1) is 22.2 Å². The molecule has 0 aliphatic heterocycles. The molecule has 23 heavy (non-hydrogen) atoms. The van der Waals surface area contributed by atoms with E-state index in [9.17, 15) is 0 Å². The van der Waals surface area contributed by atoms with E-state index in [1.165, 1.54) is 70.6 Å². The van der Waals surface area contributed by atoms with Crippen LogP contribution >= 0.6 is 23.6 Å². The van der Waals surface area contributed by atoms with Crippen LogP contribution in [-0.4, -0.2) is 15.6 Å². The molecule has 0 heterocycles. The lowest BCUT2D eigenvalue weighted by atomic mass is 9.51. The lowest BCUT2D eigenvalue weighted by Crippen LogP contribution is -2.46. The molecule has 4 aliphatic rings. The van der Waals surface area contributed by atoms with Crippen molar-refractivity contribution in [2.45, 2.75) is 89.2 Å². The van der Waals surface area contributed by atoms with Crippen LogP contribution in [0.25, 0.3) is 0 Å². The van der Waals surface area contributed by atoms with Gasteiger partial charge in [0.15, 0.2) is 0 Å². The third-order valence-corrected chi connectivity index (χ3v) is 9.20. The van der Waals surface area contributed by atoms with Crippen molar-refractivity contribution in [1.29, 1.82) is 0 Å². The van der Waals surface area contributed by atoms with Crippen LogP contribution in [0.3, 0.4) is 0 Å². The summed E-state index contributed by atoms with van der Waals surface area (Å²) >= 11 is 4.88. The SMILES string of the molecule is CCC=S=C=CC12CCC1(C1(C3CCCC(S)C3)CCCC1)C2. The molecule has 0 bridgehead atoms. The van der Waals surface area contributed by atoms with Gasteiger partial charge in [0.25, 0.3) is 0 Å². The van der Waals surface area contributed by atoms with Gasteiger partial charge in [-0.25, -0.2) is 0 Å². The zero-order valence-corrected chi connectivity index (χ0v) is 16.4. The molecule has 0 aromatic rings.